The molecule has 0 aromatic heterocycles. The quantitative estimate of drug-likeness (QED) is 0.824. The van der Waals surface area contributed by atoms with Crippen LogP contribution in [-0.4, -0.2) is 22.9 Å². The van der Waals surface area contributed by atoms with Crippen LogP contribution in [0.15, 0.2) is 54.6 Å². The second kappa shape index (κ2) is 7.19. The fourth-order valence-corrected chi connectivity index (χ4v) is 2.91. The maximum absolute atomic E-state index is 12.8. The lowest BCUT2D eigenvalue weighted by atomic mass is 10.1. The molecule has 2 aromatic rings. The molecule has 1 N–H and O–H groups in total. The van der Waals surface area contributed by atoms with E-state index >= 15 is 0 Å². The topological polar surface area (TPSA) is 49.4 Å². The SMILES string of the molecule is O=C1NC(CCc2ccccc2)C(=O)N1Cc1cccc(C(F)(F)F)c1. The minimum Gasteiger partial charge on any atom is -0.326 e. The highest BCUT2D eigenvalue weighted by Crippen LogP contribution is 2.30. The van der Waals surface area contributed by atoms with Crippen LogP contribution in [0.1, 0.15) is 23.1 Å². The van der Waals surface area contributed by atoms with Crippen molar-refractivity contribution in [3.63, 3.8) is 0 Å². The van der Waals surface area contributed by atoms with Crippen molar-refractivity contribution in [2.45, 2.75) is 31.6 Å². The number of nitrogens with one attached hydrogen (secondary N) is 1. The third-order valence-electron chi connectivity index (χ3n) is 4.27. The predicted octanol–water partition coefficient (Wildman–Crippen LogP) is 3.76. The molecule has 1 aliphatic rings. The zero-order valence-corrected chi connectivity index (χ0v) is 13.8. The minimum atomic E-state index is -4.47. The standard InChI is InChI=1S/C19H17F3N2O2/c20-19(21,22)15-8-4-7-14(11-15)12-24-17(25)16(23-18(24)26)10-9-13-5-2-1-3-6-13/h1-8,11,16H,9-10,12H2,(H,23,26). The van der Waals surface area contributed by atoms with Crippen LogP contribution in [0.4, 0.5) is 18.0 Å². The number of alkyl halides is 3. The summed E-state index contributed by atoms with van der Waals surface area (Å²) in [7, 11) is 0. The van der Waals surface area contributed by atoms with Gasteiger partial charge in [0.15, 0.2) is 0 Å². The molecule has 0 bridgehead atoms. The molecule has 2 aromatic carbocycles. The molecule has 1 atom stereocenters. The monoisotopic (exact) mass is 362 g/mol. The van der Waals surface area contributed by atoms with Crippen LogP contribution >= 0.6 is 0 Å². The van der Waals surface area contributed by atoms with Gasteiger partial charge in [-0.15, -0.1) is 0 Å². The summed E-state index contributed by atoms with van der Waals surface area (Å²) in [6.45, 7) is -0.184. The first-order valence-electron chi connectivity index (χ1n) is 8.16. The zero-order valence-electron chi connectivity index (χ0n) is 13.8. The van der Waals surface area contributed by atoms with Crippen molar-refractivity contribution < 1.29 is 22.8 Å². The maximum atomic E-state index is 12.8. The lowest BCUT2D eigenvalue weighted by molar-refractivity contribution is -0.137. The molecule has 7 heteroatoms. The van der Waals surface area contributed by atoms with Crippen LogP contribution in [-0.2, 0) is 23.9 Å². The highest BCUT2D eigenvalue weighted by atomic mass is 19.4. The Hall–Kier alpha value is -2.83. The Bertz CT molecular complexity index is 806. The number of rotatable bonds is 5. The van der Waals surface area contributed by atoms with Crippen molar-refractivity contribution in [1.82, 2.24) is 10.2 Å². The summed E-state index contributed by atoms with van der Waals surface area (Å²) in [5.41, 5.74) is 0.501. The number of aryl methyl sites for hydroxylation is 1. The third kappa shape index (κ3) is 4.04. The molecular formula is C19H17F3N2O2. The van der Waals surface area contributed by atoms with Crippen LogP contribution in [0.5, 0.6) is 0 Å². The summed E-state index contributed by atoms with van der Waals surface area (Å²) in [6, 6.07) is 13.0. The van der Waals surface area contributed by atoms with Crippen molar-refractivity contribution >= 4 is 11.9 Å². The molecule has 0 saturated carbocycles. The van der Waals surface area contributed by atoms with Gasteiger partial charge in [-0.2, -0.15) is 13.2 Å². The Morgan fingerprint density at radius 1 is 0.962 bits per heavy atom. The summed E-state index contributed by atoms with van der Waals surface area (Å²) >= 11 is 0. The summed E-state index contributed by atoms with van der Waals surface area (Å²) in [5.74, 6) is -0.414. The van der Waals surface area contributed by atoms with E-state index in [1.54, 1.807) is 0 Å². The van der Waals surface area contributed by atoms with Gasteiger partial charge >= 0.3 is 12.2 Å². The first-order valence-corrected chi connectivity index (χ1v) is 8.16. The lowest BCUT2D eigenvalue weighted by Gasteiger charge is -2.14. The van der Waals surface area contributed by atoms with Crippen molar-refractivity contribution in [3.8, 4) is 0 Å². The van der Waals surface area contributed by atoms with Gasteiger partial charge in [-0.25, -0.2) is 4.79 Å². The van der Waals surface area contributed by atoms with E-state index in [1.807, 2.05) is 30.3 Å². The molecule has 1 heterocycles. The fourth-order valence-electron chi connectivity index (χ4n) is 2.91. The summed E-state index contributed by atoms with van der Waals surface area (Å²) in [6.07, 6.45) is -3.41. The van der Waals surface area contributed by atoms with Crippen molar-refractivity contribution in [2.24, 2.45) is 0 Å². The lowest BCUT2D eigenvalue weighted by Crippen LogP contribution is -2.31. The van der Waals surface area contributed by atoms with Crippen molar-refractivity contribution in [1.29, 1.82) is 0 Å². The largest absolute Gasteiger partial charge is 0.416 e. The van der Waals surface area contributed by atoms with Crippen LogP contribution < -0.4 is 5.32 Å². The Morgan fingerprint density at radius 2 is 1.65 bits per heavy atom. The van der Waals surface area contributed by atoms with Gasteiger partial charge in [0.25, 0.3) is 5.91 Å². The smallest absolute Gasteiger partial charge is 0.326 e. The van der Waals surface area contributed by atoms with E-state index < -0.39 is 29.7 Å². The molecule has 1 aliphatic heterocycles. The van der Waals surface area contributed by atoms with Gasteiger partial charge in [0, 0.05) is 0 Å². The number of hydrogen-bond acceptors (Lipinski definition) is 2. The predicted molar refractivity (Wildman–Crippen MR) is 89.1 cm³/mol. The highest BCUT2D eigenvalue weighted by molar-refractivity contribution is 6.04. The van der Waals surface area contributed by atoms with Crippen LogP contribution in [0.2, 0.25) is 0 Å². The van der Waals surface area contributed by atoms with Gasteiger partial charge < -0.3 is 5.32 Å². The van der Waals surface area contributed by atoms with E-state index in [9.17, 15) is 22.8 Å². The molecule has 0 aliphatic carbocycles. The number of carbonyl (C=O) groups excluding carboxylic acids is 2. The second-order valence-electron chi connectivity index (χ2n) is 6.15. The Labute approximate surface area is 148 Å². The molecule has 1 fully saturated rings. The first kappa shape index (κ1) is 18.0. The molecular weight excluding hydrogens is 345 g/mol. The van der Waals surface area contributed by atoms with Gasteiger partial charge in [0.1, 0.15) is 6.04 Å². The zero-order chi connectivity index (χ0) is 18.7. The van der Waals surface area contributed by atoms with Crippen LogP contribution in [0, 0.1) is 0 Å². The number of urea groups is 1. The highest BCUT2D eigenvalue weighted by Gasteiger charge is 2.38. The summed E-state index contributed by atoms with van der Waals surface area (Å²) < 4.78 is 38.4. The number of amides is 3. The van der Waals surface area contributed by atoms with E-state index in [1.165, 1.54) is 12.1 Å². The van der Waals surface area contributed by atoms with E-state index in [0.29, 0.717) is 12.8 Å². The van der Waals surface area contributed by atoms with E-state index in [0.717, 1.165) is 22.6 Å². The Kier molecular flexibility index (Phi) is 4.97. The van der Waals surface area contributed by atoms with Crippen LogP contribution in [0.3, 0.4) is 0 Å². The average Bonchev–Trinajstić information content (AvgIpc) is 2.88. The molecule has 0 radical (unpaired) electrons. The van der Waals surface area contributed by atoms with Crippen LogP contribution in [0.25, 0.3) is 0 Å². The van der Waals surface area contributed by atoms with Gasteiger partial charge in [-0.1, -0.05) is 42.5 Å². The van der Waals surface area contributed by atoms with E-state index in [-0.39, 0.29) is 12.1 Å². The van der Waals surface area contributed by atoms with Gasteiger partial charge in [0.05, 0.1) is 12.1 Å². The van der Waals surface area contributed by atoms with Crippen molar-refractivity contribution in [2.75, 3.05) is 0 Å². The number of imide groups is 1. The molecule has 3 rings (SSSR count). The van der Waals surface area contributed by atoms with E-state index in [4.69, 9.17) is 0 Å². The Balaban J connectivity index is 1.66. The third-order valence-corrected chi connectivity index (χ3v) is 4.27. The molecule has 26 heavy (non-hydrogen) atoms. The average molecular weight is 362 g/mol. The van der Waals surface area contributed by atoms with E-state index in [2.05, 4.69) is 5.32 Å². The summed E-state index contributed by atoms with van der Waals surface area (Å²) in [4.78, 5) is 25.5. The van der Waals surface area contributed by atoms with Gasteiger partial charge in [-0.3, -0.25) is 9.69 Å². The molecule has 1 unspecified atom stereocenters. The Morgan fingerprint density at radius 3 is 2.35 bits per heavy atom. The number of halogens is 3. The number of hydrogen-bond donors (Lipinski definition) is 1. The first-order chi connectivity index (χ1) is 12.3. The number of carbonyl (C=O) groups is 2. The summed E-state index contributed by atoms with van der Waals surface area (Å²) in [5, 5.41) is 2.60. The van der Waals surface area contributed by atoms with Gasteiger partial charge in [-0.05, 0) is 36.1 Å². The molecule has 1 saturated heterocycles. The second-order valence-corrected chi connectivity index (χ2v) is 6.15. The maximum Gasteiger partial charge on any atom is 0.416 e. The fraction of sp³-hybridized carbons (Fsp3) is 0.263. The molecule has 3 amide bonds. The minimum absolute atomic E-state index is 0.184. The number of benzene rings is 2. The number of nitrogens with zero attached hydrogens (tertiary/aromatic N) is 1. The molecule has 0 spiro atoms. The normalized spacial score (nSPS) is 17.5. The van der Waals surface area contributed by atoms with Gasteiger partial charge in [0.2, 0.25) is 0 Å². The molecule has 136 valence electrons. The molecule has 4 nitrogen and oxygen atoms in total. The van der Waals surface area contributed by atoms with Crippen molar-refractivity contribution in [3.05, 3.63) is 71.3 Å².